The number of hydrogen-bond acceptors (Lipinski definition) is 4. The van der Waals surface area contributed by atoms with E-state index in [2.05, 4.69) is 15.6 Å². The average molecular weight is 317 g/mol. The number of para-hydroxylation sites is 1. The van der Waals surface area contributed by atoms with Crippen LogP contribution in [0, 0.1) is 6.92 Å². The molecule has 22 heavy (non-hydrogen) atoms. The molecule has 1 aromatic carbocycles. The van der Waals surface area contributed by atoms with Crippen molar-refractivity contribution in [2.24, 2.45) is 0 Å². The molecule has 1 amide bonds. The third-order valence-electron chi connectivity index (χ3n) is 3.13. The lowest BCUT2D eigenvalue weighted by Gasteiger charge is -2.03. The van der Waals surface area contributed by atoms with Gasteiger partial charge in [0.05, 0.1) is 17.3 Å². The summed E-state index contributed by atoms with van der Waals surface area (Å²) in [5.41, 5.74) is 2.49. The molecule has 0 atom stereocenters. The Hall–Kier alpha value is -2.60. The van der Waals surface area contributed by atoms with Crippen LogP contribution in [0.15, 0.2) is 47.3 Å². The topological polar surface area (TPSA) is 73.0 Å². The average Bonchev–Trinajstić information content (AvgIpc) is 3.15. The molecule has 1 N–H and O–H groups in total. The van der Waals surface area contributed by atoms with E-state index in [1.807, 2.05) is 25.1 Å². The van der Waals surface area contributed by atoms with Gasteiger partial charge in [-0.3, -0.25) is 4.79 Å². The molecule has 0 radical (unpaired) electrons. The van der Waals surface area contributed by atoms with E-state index in [0.717, 1.165) is 11.3 Å². The zero-order chi connectivity index (χ0) is 15.5. The SMILES string of the molecule is Cc1cn(-c2ccccc2Cl)nc1C(=O)NCc1ccon1. The first-order valence-corrected chi connectivity index (χ1v) is 7.01. The van der Waals surface area contributed by atoms with Gasteiger partial charge < -0.3 is 9.84 Å². The lowest BCUT2D eigenvalue weighted by Crippen LogP contribution is -2.24. The van der Waals surface area contributed by atoms with Crippen LogP contribution in [0.25, 0.3) is 5.69 Å². The molecule has 0 saturated carbocycles. The lowest BCUT2D eigenvalue weighted by atomic mass is 10.2. The van der Waals surface area contributed by atoms with E-state index < -0.39 is 0 Å². The minimum atomic E-state index is -0.272. The molecule has 3 aromatic rings. The van der Waals surface area contributed by atoms with E-state index >= 15 is 0 Å². The highest BCUT2D eigenvalue weighted by Gasteiger charge is 2.15. The summed E-state index contributed by atoms with van der Waals surface area (Å²) in [5.74, 6) is -0.272. The summed E-state index contributed by atoms with van der Waals surface area (Å²) in [6.07, 6.45) is 3.23. The Morgan fingerprint density at radius 1 is 1.36 bits per heavy atom. The second-order valence-corrected chi connectivity index (χ2v) is 5.14. The molecule has 2 heterocycles. The molecule has 2 aromatic heterocycles. The molecule has 0 aliphatic rings. The largest absolute Gasteiger partial charge is 0.364 e. The van der Waals surface area contributed by atoms with Crippen molar-refractivity contribution in [3.05, 3.63) is 64.8 Å². The molecule has 112 valence electrons. The highest BCUT2D eigenvalue weighted by Crippen LogP contribution is 2.20. The number of aryl methyl sites for hydroxylation is 1. The molecule has 0 unspecified atom stereocenters. The van der Waals surface area contributed by atoms with Crippen LogP contribution in [0.4, 0.5) is 0 Å². The molecular formula is C15H13ClN4O2. The van der Waals surface area contributed by atoms with Crippen LogP contribution in [0.1, 0.15) is 21.7 Å². The molecule has 7 heteroatoms. The zero-order valence-corrected chi connectivity index (χ0v) is 12.5. The highest BCUT2D eigenvalue weighted by atomic mass is 35.5. The van der Waals surface area contributed by atoms with Crippen molar-refractivity contribution in [2.75, 3.05) is 0 Å². The Bertz CT molecular complexity index is 796. The fourth-order valence-corrected chi connectivity index (χ4v) is 2.25. The smallest absolute Gasteiger partial charge is 0.272 e. The van der Waals surface area contributed by atoms with Crippen LogP contribution in [0.5, 0.6) is 0 Å². The molecule has 0 saturated heterocycles. The first-order chi connectivity index (χ1) is 10.6. The van der Waals surface area contributed by atoms with E-state index in [4.69, 9.17) is 16.1 Å². The summed E-state index contributed by atoms with van der Waals surface area (Å²) in [4.78, 5) is 12.2. The van der Waals surface area contributed by atoms with Gasteiger partial charge in [0, 0.05) is 17.8 Å². The van der Waals surface area contributed by atoms with Crippen molar-refractivity contribution in [2.45, 2.75) is 13.5 Å². The zero-order valence-electron chi connectivity index (χ0n) is 11.8. The molecule has 0 aliphatic carbocycles. The van der Waals surface area contributed by atoms with Gasteiger partial charge in [0.2, 0.25) is 0 Å². The van der Waals surface area contributed by atoms with Gasteiger partial charge in [-0.25, -0.2) is 4.68 Å². The summed E-state index contributed by atoms with van der Waals surface area (Å²) in [5, 5.41) is 11.4. The quantitative estimate of drug-likeness (QED) is 0.803. The summed E-state index contributed by atoms with van der Waals surface area (Å²) in [7, 11) is 0. The van der Waals surface area contributed by atoms with Gasteiger partial charge in [-0.15, -0.1) is 0 Å². The molecule has 0 bridgehead atoms. The van der Waals surface area contributed by atoms with E-state index in [0.29, 0.717) is 16.4 Å². The van der Waals surface area contributed by atoms with Gasteiger partial charge in [0.25, 0.3) is 5.91 Å². The van der Waals surface area contributed by atoms with Crippen molar-refractivity contribution in [3.8, 4) is 5.69 Å². The number of carbonyl (C=O) groups is 1. The lowest BCUT2D eigenvalue weighted by molar-refractivity contribution is 0.0944. The van der Waals surface area contributed by atoms with Crippen LogP contribution >= 0.6 is 11.6 Å². The number of hydrogen-bond donors (Lipinski definition) is 1. The number of aromatic nitrogens is 3. The van der Waals surface area contributed by atoms with Crippen LogP contribution in [0.3, 0.4) is 0 Å². The van der Waals surface area contributed by atoms with E-state index in [1.54, 1.807) is 23.0 Å². The van der Waals surface area contributed by atoms with Crippen molar-refractivity contribution in [3.63, 3.8) is 0 Å². The van der Waals surface area contributed by atoms with Gasteiger partial charge in [0.15, 0.2) is 5.69 Å². The Balaban J connectivity index is 1.80. The van der Waals surface area contributed by atoms with Gasteiger partial charge in [-0.1, -0.05) is 28.9 Å². The maximum atomic E-state index is 12.2. The first-order valence-electron chi connectivity index (χ1n) is 6.64. The number of amides is 1. The number of nitrogens with zero attached hydrogens (tertiary/aromatic N) is 3. The number of rotatable bonds is 4. The highest BCUT2D eigenvalue weighted by molar-refractivity contribution is 6.32. The van der Waals surface area contributed by atoms with Crippen molar-refractivity contribution in [1.82, 2.24) is 20.3 Å². The summed E-state index contributed by atoms with van der Waals surface area (Å²) < 4.78 is 6.32. The summed E-state index contributed by atoms with van der Waals surface area (Å²) >= 11 is 6.15. The molecule has 6 nitrogen and oxygen atoms in total. The minimum Gasteiger partial charge on any atom is -0.364 e. The summed E-state index contributed by atoms with van der Waals surface area (Å²) in [6, 6.07) is 9.01. The first kappa shape index (κ1) is 14.3. The predicted molar refractivity (Wildman–Crippen MR) is 81.0 cm³/mol. The maximum Gasteiger partial charge on any atom is 0.272 e. The second kappa shape index (κ2) is 6.03. The molecule has 0 aliphatic heterocycles. The number of benzene rings is 1. The van der Waals surface area contributed by atoms with Gasteiger partial charge in [-0.2, -0.15) is 5.10 Å². The molecule has 3 rings (SSSR count). The van der Waals surface area contributed by atoms with E-state index in [-0.39, 0.29) is 12.5 Å². The van der Waals surface area contributed by atoms with Crippen molar-refractivity contribution < 1.29 is 9.32 Å². The predicted octanol–water partition coefficient (Wildman–Crippen LogP) is 2.75. The fourth-order valence-electron chi connectivity index (χ4n) is 2.03. The van der Waals surface area contributed by atoms with E-state index in [1.165, 1.54) is 6.26 Å². The molecule has 0 fully saturated rings. The van der Waals surface area contributed by atoms with Crippen LogP contribution in [0.2, 0.25) is 5.02 Å². The number of halogens is 1. The van der Waals surface area contributed by atoms with Crippen molar-refractivity contribution in [1.29, 1.82) is 0 Å². The van der Waals surface area contributed by atoms with Gasteiger partial charge in [0.1, 0.15) is 12.0 Å². The van der Waals surface area contributed by atoms with Crippen LogP contribution in [-0.4, -0.2) is 20.8 Å². The standard InChI is InChI=1S/C15H13ClN4O2/c1-10-9-20(13-5-3-2-4-12(13)16)18-14(10)15(21)17-8-11-6-7-22-19-11/h2-7,9H,8H2,1H3,(H,17,21). The maximum absolute atomic E-state index is 12.2. The van der Waals surface area contributed by atoms with E-state index in [9.17, 15) is 4.79 Å². The fraction of sp³-hybridized carbons (Fsp3) is 0.133. The van der Waals surface area contributed by atoms with Gasteiger partial charge >= 0.3 is 0 Å². The Kier molecular flexibility index (Phi) is 3.93. The molecular weight excluding hydrogens is 304 g/mol. The third-order valence-corrected chi connectivity index (χ3v) is 3.45. The number of carbonyl (C=O) groups excluding carboxylic acids is 1. The van der Waals surface area contributed by atoms with Gasteiger partial charge in [-0.05, 0) is 19.1 Å². The summed E-state index contributed by atoms with van der Waals surface area (Å²) in [6.45, 7) is 2.11. The normalized spacial score (nSPS) is 10.6. The Morgan fingerprint density at radius 2 is 2.18 bits per heavy atom. The molecule has 0 spiro atoms. The van der Waals surface area contributed by atoms with Crippen LogP contribution in [-0.2, 0) is 6.54 Å². The third kappa shape index (κ3) is 2.87. The van der Waals surface area contributed by atoms with Crippen LogP contribution < -0.4 is 5.32 Å². The number of nitrogens with one attached hydrogen (secondary N) is 1. The van der Waals surface area contributed by atoms with Crippen molar-refractivity contribution >= 4 is 17.5 Å². The Morgan fingerprint density at radius 3 is 2.91 bits per heavy atom. The second-order valence-electron chi connectivity index (χ2n) is 4.73. The minimum absolute atomic E-state index is 0.272. The monoisotopic (exact) mass is 316 g/mol. The Labute approximate surface area is 131 Å².